The van der Waals surface area contributed by atoms with E-state index in [0.29, 0.717) is 0 Å². The molecule has 4 rings (SSSR count). The van der Waals surface area contributed by atoms with Gasteiger partial charge >= 0.3 is 0 Å². The Morgan fingerprint density at radius 1 is 0.571 bits per heavy atom. The standard InChI is InChI=1S/C26H22N2/c1-21-13-11-12-20-25(21)27-26(22-14-5-2-6-15-22)28(23-16-7-3-8-17-23)24-18-9-4-10-19-24/h2-20H,1H3/p+1. The van der Waals surface area contributed by atoms with Crippen LogP contribution in [0.2, 0.25) is 0 Å². The summed E-state index contributed by atoms with van der Waals surface area (Å²) in [5.74, 6) is 1.02. The maximum absolute atomic E-state index is 3.70. The Morgan fingerprint density at radius 2 is 1.04 bits per heavy atom. The second-order valence-electron chi connectivity index (χ2n) is 6.66. The summed E-state index contributed by atoms with van der Waals surface area (Å²) in [6.45, 7) is 2.13. The van der Waals surface area contributed by atoms with Crippen LogP contribution >= 0.6 is 0 Å². The Kier molecular flexibility index (Phi) is 5.30. The summed E-state index contributed by atoms with van der Waals surface area (Å²) in [6.07, 6.45) is 0. The molecule has 0 aliphatic carbocycles. The fourth-order valence-corrected chi connectivity index (χ4v) is 3.26. The molecule has 0 amide bonds. The SMILES string of the molecule is Cc1ccccc1NC(c1ccccc1)=[N+](c1ccccc1)c1ccccc1. The third kappa shape index (κ3) is 3.86. The number of nitrogens with one attached hydrogen (secondary N) is 1. The van der Waals surface area contributed by atoms with Crippen molar-refractivity contribution in [1.29, 1.82) is 0 Å². The molecule has 0 saturated carbocycles. The number of anilines is 1. The molecule has 0 unspecified atom stereocenters. The number of hydrogen-bond donors (Lipinski definition) is 1. The van der Waals surface area contributed by atoms with E-state index in [0.717, 1.165) is 28.5 Å². The highest BCUT2D eigenvalue weighted by atomic mass is 15.1. The second kappa shape index (κ2) is 8.36. The smallest absolute Gasteiger partial charge is 0.240 e. The summed E-state index contributed by atoms with van der Waals surface area (Å²) in [5, 5.41) is 3.70. The van der Waals surface area contributed by atoms with E-state index in [1.807, 2.05) is 18.2 Å². The molecule has 0 aliphatic rings. The van der Waals surface area contributed by atoms with Crippen LogP contribution in [0.15, 0.2) is 115 Å². The maximum Gasteiger partial charge on any atom is 0.292 e. The van der Waals surface area contributed by atoms with Crippen molar-refractivity contribution in [2.45, 2.75) is 6.92 Å². The van der Waals surface area contributed by atoms with Crippen molar-refractivity contribution in [1.82, 2.24) is 4.58 Å². The van der Waals surface area contributed by atoms with Gasteiger partial charge < -0.3 is 0 Å². The Labute approximate surface area is 166 Å². The van der Waals surface area contributed by atoms with Crippen molar-refractivity contribution in [3.8, 4) is 0 Å². The van der Waals surface area contributed by atoms with Crippen LogP contribution in [0.5, 0.6) is 0 Å². The van der Waals surface area contributed by atoms with Gasteiger partial charge in [0.05, 0.1) is 5.56 Å². The van der Waals surface area contributed by atoms with Crippen LogP contribution in [0.1, 0.15) is 11.1 Å². The minimum Gasteiger partial charge on any atom is -0.240 e. The number of aryl methyl sites for hydroxylation is 1. The van der Waals surface area contributed by atoms with E-state index in [1.54, 1.807) is 0 Å². The molecule has 136 valence electrons. The normalized spacial score (nSPS) is 10.3. The van der Waals surface area contributed by atoms with Gasteiger partial charge in [0.2, 0.25) is 0 Å². The van der Waals surface area contributed by atoms with Crippen LogP contribution in [0.25, 0.3) is 0 Å². The van der Waals surface area contributed by atoms with Crippen molar-refractivity contribution in [2.75, 3.05) is 5.32 Å². The lowest BCUT2D eigenvalue weighted by Gasteiger charge is -2.14. The van der Waals surface area contributed by atoms with Crippen LogP contribution in [0.3, 0.4) is 0 Å². The summed E-state index contributed by atoms with van der Waals surface area (Å²) < 4.78 is 2.27. The molecular formula is C26H23N2+. The van der Waals surface area contributed by atoms with Gasteiger partial charge in [-0.15, -0.1) is 0 Å². The number of amidine groups is 1. The van der Waals surface area contributed by atoms with E-state index in [4.69, 9.17) is 0 Å². The summed E-state index contributed by atoms with van der Waals surface area (Å²) >= 11 is 0. The molecule has 0 heterocycles. The highest BCUT2D eigenvalue weighted by Gasteiger charge is 2.21. The van der Waals surface area contributed by atoms with Gasteiger partial charge in [-0.2, -0.15) is 4.58 Å². The fourth-order valence-electron chi connectivity index (χ4n) is 3.26. The Morgan fingerprint density at radius 3 is 1.57 bits per heavy atom. The quantitative estimate of drug-likeness (QED) is 0.252. The first-order valence-corrected chi connectivity index (χ1v) is 9.48. The molecule has 4 aromatic carbocycles. The number of hydrogen-bond acceptors (Lipinski definition) is 0. The molecule has 0 aromatic heterocycles. The molecular weight excluding hydrogens is 340 g/mol. The zero-order valence-electron chi connectivity index (χ0n) is 15.9. The topological polar surface area (TPSA) is 15.0 Å². The molecule has 0 spiro atoms. The molecule has 1 N–H and O–H groups in total. The van der Waals surface area contributed by atoms with Crippen LogP contribution in [-0.2, 0) is 0 Å². The van der Waals surface area contributed by atoms with Gasteiger partial charge in [-0.1, -0.05) is 72.8 Å². The predicted molar refractivity (Wildman–Crippen MR) is 120 cm³/mol. The number of benzene rings is 4. The third-order valence-corrected chi connectivity index (χ3v) is 4.70. The Hall–Kier alpha value is -3.65. The molecule has 0 aliphatic heterocycles. The molecule has 2 heteroatoms. The lowest BCUT2D eigenvalue weighted by Crippen LogP contribution is -2.26. The highest BCUT2D eigenvalue weighted by Crippen LogP contribution is 2.23. The molecule has 0 fully saturated rings. The summed E-state index contributed by atoms with van der Waals surface area (Å²) in [7, 11) is 0. The zero-order chi connectivity index (χ0) is 19.2. The molecule has 2 nitrogen and oxygen atoms in total. The van der Waals surface area contributed by atoms with E-state index in [-0.39, 0.29) is 0 Å². The van der Waals surface area contributed by atoms with Gasteiger partial charge in [-0.3, -0.25) is 0 Å². The monoisotopic (exact) mass is 363 g/mol. The third-order valence-electron chi connectivity index (χ3n) is 4.70. The van der Waals surface area contributed by atoms with E-state index in [1.165, 1.54) is 5.56 Å². The number of nitrogens with zero attached hydrogens (tertiary/aromatic N) is 1. The lowest BCUT2D eigenvalue weighted by molar-refractivity contribution is 1.07. The summed E-state index contributed by atoms with van der Waals surface area (Å²) in [6, 6.07) is 39.8. The first-order valence-electron chi connectivity index (χ1n) is 9.48. The average molecular weight is 363 g/mol. The minimum atomic E-state index is 1.02. The van der Waals surface area contributed by atoms with Crippen LogP contribution in [0, 0.1) is 6.92 Å². The van der Waals surface area contributed by atoms with Crippen LogP contribution < -0.4 is 9.89 Å². The molecule has 0 radical (unpaired) electrons. The largest absolute Gasteiger partial charge is 0.292 e. The molecule has 0 saturated heterocycles. The molecule has 0 bridgehead atoms. The number of rotatable bonds is 4. The molecule has 4 aromatic rings. The van der Waals surface area contributed by atoms with Gasteiger partial charge in [-0.05, 0) is 55.0 Å². The average Bonchev–Trinajstić information content (AvgIpc) is 2.77. The summed E-state index contributed by atoms with van der Waals surface area (Å²) in [5.41, 5.74) is 5.64. The van der Waals surface area contributed by atoms with Gasteiger partial charge in [0.15, 0.2) is 0 Å². The zero-order valence-corrected chi connectivity index (χ0v) is 15.9. The van der Waals surface area contributed by atoms with Crippen molar-refractivity contribution >= 4 is 22.9 Å². The Balaban J connectivity index is 1.99. The first-order chi connectivity index (χ1) is 13.8. The van der Waals surface area contributed by atoms with Crippen LogP contribution in [0.4, 0.5) is 17.1 Å². The van der Waals surface area contributed by atoms with Crippen molar-refractivity contribution in [3.63, 3.8) is 0 Å². The van der Waals surface area contributed by atoms with Crippen molar-refractivity contribution in [2.24, 2.45) is 0 Å². The van der Waals surface area contributed by atoms with Crippen LogP contribution in [-0.4, -0.2) is 5.84 Å². The summed E-state index contributed by atoms with van der Waals surface area (Å²) in [4.78, 5) is 0. The molecule has 0 atom stereocenters. The lowest BCUT2D eigenvalue weighted by atomic mass is 10.1. The minimum absolute atomic E-state index is 1.02. The maximum atomic E-state index is 3.70. The van der Waals surface area contributed by atoms with E-state index < -0.39 is 0 Å². The van der Waals surface area contributed by atoms with E-state index >= 15 is 0 Å². The fraction of sp³-hybridized carbons (Fsp3) is 0.0385. The second-order valence-corrected chi connectivity index (χ2v) is 6.66. The number of para-hydroxylation sites is 3. The van der Waals surface area contributed by atoms with Crippen molar-refractivity contribution < 1.29 is 0 Å². The van der Waals surface area contributed by atoms with E-state index in [2.05, 4.69) is 114 Å². The molecule has 28 heavy (non-hydrogen) atoms. The highest BCUT2D eigenvalue weighted by molar-refractivity contribution is 6.11. The Bertz CT molecular complexity index is 1030. The van der Waals surface area contributed by atoms with Crippen molar-refractivity contribution in [3.05, 3.63) is 126 Å². The van der Waals surface area contributed by atoms with Gasteiger partial charge in [-0.25, -0.2) is 5.32 Å². The van der Waals surface area contributed by atoms with E-state index in [9.17, 15) is 0 Å². The van der Waals surface area contributed by atoms with Gasteiger partial charge in [0.1, 0.15) is 17.1 Å². The van der Waals surface area contributed by atoms with Gasteiger partial charge in [0, 0.05) is 0 Å². The predicted octanol–water partition coefficient (Wildman–Crippen LogP) is 6.39. The van der Waals surface area contributed by atoms with Gasteiger partial charge in [0.25, 0.3) is 5.84 Å². The first kappa shape index (κ1) is 17.7.